The van der Waals surface area contributed by atoms with E-state index >= 15 is 0 Å². The van der Waals surface area contributed by atoms with Crippen molar-refractivity contribution in [1.29, 1.82) is 5.26 Å². The first-order valence-electron chi connectivity index (χ1n) is 6.84. The zero-order valence-electron chi connectivity index (χ0n) is 11.1. The van der Waals surface area contributed by atoms with Gasteiger partial charge in [0.25, 0.3) is 0 Å². The molecule has 0 saturated heterocycles. The van der Waals surface area contributed by atoms with Gasteiger partial charge in [-0.15, -0.1) is 5.10 Å². The van der Waals surface area contributed by atoms with Gasteiger partial charge in [-0.05, 0) is 25.7 Å². The second-order valence-electron chi connectivity index (χ2n) is 5.43. The number of nitriles is 1. The lowest BCUT2D eigenvalue weighted by Gasteiger charge is -2.32. The minimum Gasteiger partial charge on any atom is -0.420 e. The van der Waals surface area contributed by atoms with Crippen LogP contribution < -0.4 is 10.5 Å². The molecular formula is C14H18N4O. The molecule has 1 aromatic rings. The molecule has 2 heterocycles. The van der Waals surface area contributed by atoms with E-state index < -0.39 is 0 Å². The average Bonchev–Trinajstić information content (AvgIpc) is 2.79. The molecular weight excluding hydrogens is 240 g/mol. The van der Waals surface area contributed by atoms with Crippen molar-refractivity contribution in [3.05, 3.63) is 22.7 Å². The fraction of sp³-hybridized carbons (Fsp3) is 0.571. The van der Waals surface area contributed by atoms with Crippen LogP contribution in [-0.4, -0.2) is 10.2 Å². The second kappa shape index (κ2) is 4.61. The number of fused-ring (bicyclic) bond motifs is 1. The van der Waals surface area contributed by atoms with Crippen LogP contribution in [0.3, 0.4) is 0 Å². The van der Waals surface area contributed by atoms with Crippen LogP contribution in [0.2, 0.25) is 0 Å². The summed E-state index contributed by atoms with van der Waals surface area (Å²) in [6, 6.07) is 2.25. The zero-order valence-corrected chi connectivity index (χ0v) is 11.1. The number of H-pyrrole nitrogens is 1. The lowest BCUT2D eigenvalue weighted by Crippen LogP contribution is -2.26. The van der Waals surface area contributed by atoms with E-state index in [1.165, 1.54) is 19.3 Å². The van der Waals surface area contributed by atoms with Gasteiger partial charge >= 0.3 is 0 Å². The standard InChI is InChI=1S/C14H18N4O/c1-8-11-12(9-5-3-2-4-6-9)10(7-15)13(16)19-14(11)18-17-8/h9,12H,2-6,16H2,1H3,(H,17,18)/t12-/m1/s1. The SMILES string of the molecule is Cc1[nH]nc2c1[C@H](C1CCCCC1)C(C#N)=C(N)O2. The Morgan fingerprint density at radius 3 is 2.79 bits per heavy atom. The van der Waals surface area contributed by atoms with Crippen molar-refractivity contribution in [1.82, 2.24) is 10.2 Å². The van der Waals surface area contributed by atoms with E-state index in [4.69, 9.17) is 10.5 Å². The van der Waals surface area contributed by atoms with Crippen LogP contribution in [0.4, 0.5) is 0 Å². The number of hydrogen-bond donors (Lipinski definition) is 2. The van der Waals surface area contributed by atoms with E-state index in [0.717, 1.165) is 24.1 Å². The molecule has 0 amide bonds. The summed E-state index contributed by atoms with van der Waals surface area (Å²) in [4.78, 5) is 0. The smallest absolute Gasteiger partial charge is 0.243 e. The van der Waals surface area contributed by atoms with Crippen molar-refractivity contribution < 1.29 is 4.74 Å². The molecule has 5 heteroatoms. The van der Waals surface area contributed by atoms with E-state index in [1.54, 1.807) is 0 Å². The number of rotatable bonds is 1. The summed E-state index contributed by atoms with van der Waals surface area (Å²) in [7, 11) is 0. The van der Waals surface area contributed by atoms with Crippen LogP contribution in [0.5, 0.6) is 5.88 Å². The monoisotopic (exact) mass is 258 g/mol. The predicted molar refractivity (Wildman–Crippen MR) is 70.1 cm³/mol. The Morgan fingerprint density at radius 2 is 2.11 bits per heavy atom. The fourth-order valence-corrected chi connectivity index (χ4v) is 3.38. The van der Waals surface area contributed by atoms with Crippen molar-refractivity contribution >= 4 is 0 Å². The highest BCUT2D eigenvalue weighted by molar-refractivity contribution is 5.49. The van der Waals surface area contributed by atoms with Crippen LogP contribution in [0.25, 0.3) is 0 Å². The third kappa shape index (κ3) is 1.88. The molecule has 1 atom stereocenters. The van der Waals surface area contributed by atoms with Crippen LogP contribution in [0.15, 0.2) is 11.5 Å². The minimum atomic E-state index is 0.0489. The number of nitrogens with zero attached hydrogens (tertiary/aromatic N) is 2. The molecule has 1 saturated carbocycles. The molecule has 0 spiro atoms. The Bertz CT molecular complexity index is 560. The summed E-state index contributed by atoms with van der Waals surface area (Å²) < 4.78 is 5.47. The normalized spacial score (nSPS) is 23.7. The lowest BCUT2D eigenvalue weighted by molar-refractivity contribution is 0.296. The van der Waals surface area contributed by atoms with Crippen molar-refractivity contribution in [3.8, 4) is 11.9 Å². The Hall–Kier alpha value is -1.96. The fourth-order valence-electron chi connectivity index (χ4n) is 3.38. The summed E-state index contributed by atoms with van der Waals surface area (Å²) in [5.74, 6) is 1.29. The summed E-state index contributed by atoms with van der Waals surface area (Å²) >= 11 is 0. The molecule has 100 valence electrons. The predicted octanol–water partition coefficient (Wildman–Crippen LogP) is 2.47. The minimum absolute atomic E-state index is 0.0489. The largest absolute Gasteiger partial charge is 0.420 e. The number of nitrogens with one attached hydrogen (secondary N) is 1. The van der Waals surface area contributed by atoms with E-state index in [9.17, 15) is 5.26 Å². The number of ether oxygens (including phenoxy) is 1. The van der Waals surface area contributed by atoms with Gasteiger partial charge in [0.05, 0.1) is 5.57 Å². The maximum Gasteiger partial charge on any atom is 0.243 e. The van der Waals surface area contributed by atoms with Gasteiger partial charge in [0.1, 0.15) is 6.07 Å². The van der Waals surface area contributed by atoms with Crippen LogP contribution in [-0.2, 0) is 0 Å². The third-order valence-corrected chi connectivity index (χ3v) is 4.30. The van der Waals surface area contributed by atoms with Gasteiger partial charge in [-0.1, -0.05) is 19.3 Å². The van der Waals surface area contributed by atoms with Crippen LogP contribution in [0.1, 0.15) is 49.3 Å². The quantitative estimate of drug-likeness (QED) is 0.810. The number of nitrogens with two attached hydrogens (primary N) is 1. The van der Waals surface area contributed by atoms with Gasteiger partial charge in [0.15, 0.2) is 0 Å². The molecule has 5 nitrogen and oxygen atoms in total. The maximum atomic E-state index is 9.42. The Labute approximate surface area is 112 Å². The van der Waals surface area contributed by atoms with Crippen molar-refractivity contribution in [2.45, 2.75) is 44.9 Å². The molecule has 2 aliphatic rings. The molecule has 1 aliphatic carbocycles. The van der Waals surface area contributed by atoms with Crippen molar-refractivity contribution in [3.63, 3.8) is 0 Å². The second-order valence-corrected chi connectivity index (χ2v) is 5.43. The molecule has 3 rings (SSSR count). The first-order chi connectivity index (χ1) is 9.22. The number of aryl methyl sites for hydroxylation is 1. The van der Waals surface area contributed by atoms with E-state index in [1.807, 2.05) is 6.92 Å². The molecule has 3 N–H and O–H groups in total. The first kappa shape index (κ1) is 12.1. The van der Waals surface area contributed by atoms with E-state index in [0.29, 0.717) is 17.4 Å². The number of hydrogen-bond acceptors (Lipinski definition) is 4. The Morgan fingerprint density at radius 1 is 1.37 bits per heavy atom. The molecule has 0 radical (unpaired) electrons. The molecule has 1 aromatic heterocycles. The summed E-state index contributed by atoms with van der Waals surface area (Å²) in [5.41, 5.74) is 8.47. The van der Waals surface area contributed by atoms with E-state index in [-0.39, 0.29) is 11.8 Å². The van der Waals surface area contributed by atoms with Crippen molar-refractivity contribution in [2.24, 2.45) is 11.7 Å². The molecule has 0 unspecified atom stereocenters. The topological polar surface area (TPSA) is 87.7 Å². The summed E-state index contributed by atoms with van der Waals surface area (Å²) in [6.45, 7) is 1.97. The molecule has 19 heavy (non-hydrogen) atoms. The molecule has 1 fully saturated rings. The average molecular weight is 258 g/mol. The number of aromatic nitrogens is 2. The van der Waals surface area contributed by atoms with Gasteiger partial charge < -0.3 is 10.5 Å². The number of allylic oxidation sites excluding steroid dienone is 1. The lowest BCUT2D eigenvalue weighted by atomic mass is 9.73. The first-order valence-corrected chi connectivity index (χ1v) is 6.84. The molecule has 1 aliphatic heterocycles. The van der Waals surface area contributed by atoms with E-state index in [2.05, 4.69) is 16.3 Å². The van der Waals surface area contributed by atoms with Gasteiger partial charge in [-0.25, -0.2) is 0 Å². The van der Waals surface area contributed by atoms with Gasteiger partial charge in [0, 0.05) is 17.2 Å². The van der Waals surface area contributed by atoms with Gasteiger partial charge in [-0.3, -0.25) is 5.10 Å². The molecule has 0 aromatic carbocycles. The summed E-state index contributed by atoms with van der Waals surface area (Å²) in [6.07, 6.45) is 6.04. The zero-order chi connectivity index (χ0) is 13.4. The Balaban J connectivity index is 2.07. The van der Waals surface area contributed by atoms with Crippen LogP contribution >= 0.6 is 0 Å². The highest BCUT2D eigenvalue weighted by Gasteiger charge is 2.38. The highest BCUT2D eigenvalue weighted by Crippen LogP contribution is 2.47. The van der Waals surface area contributed by atoms with Crippen LogP contribution in [0, 0.1) is 24.2 Å². The third-order valence-electron chi connectivity index (χ3n) is 4.30. The van der Waals surface area contributed by atoms with Gasteiger partial charge in [-0.2, -0.15) is 5.26 Å². The maximum absolute atomic E-state index is 9.42. The molecule has 0 bridgehead atoms. The van der Waals surface area contributed by atoms with Gasteiger partial charge in [0.2, 0.25) is 11.8 Å². The Kier molecular flexibility index (Phi) is 2.94. The summed E-state index contributed by atoms with van der Waals surface area (Å²) in [5, 5.41) is 16.5. The highest BCUT2D eigenvalue weighted by atomic mass is 16.5. The van der Waals surface area contributed by atoms with Crippen molar-refractivity contribution in [2.75, 3.05) is 0 Å². The number of aromatic amines is 1.